The molecular formula is C11H17N. The zero-order valence-corrected chi connectivity index (χ0v) is 7.68. The molecule has 0 aromatic carbocycles. The Morgan fingerprint density at radius 2 is 1.58 bits per heavy atom. The predicted molar refractivity (Wildman–Crippen MR) is 48.5 cm³/mol. The summed E-state index contributed by atoms with van der Waals surface area (Å²) in [5.74, 6) is 0.755. The molecule has 0 radical (unpaired) electrons. The molecule has 0 amide bonds. The fourth-order valence-electron chi connectivity index (χ4n) is 3.10. The van der Waals surface area contributed by atoms with Gasteiger partial charge in [0, 0.05) is 0 Å². The topological polar surface area (TPSA) is 23.8 Å². The van der Waals surface area contributed by atoms with E-state index in [4.69, 9.17) is 0 Å². The summed E-state index contributed by atoms with van der Waals surface area (Å²) in [7, 11) is 0. The largest absolute Gasteiger partial charge is 0.198 e. The van der Waals surface area contributed by atoms with E-state index in [1.807, 2.05) is 0 Å². The maximum Gasteiger partial charge on any atom is 0.0692 e. The second-order valence-corrected chi connectivity index (χ2v) is 4.46. The van der Waals surface area contributed by atoms with Crippen molar-refractivity contribution in [3.05, 3.63) is 0 Å². The monoisotopic (exact) mass is 163 g/mol. The molecule has 2 saturated carbocycles. The van der Waals surface area contributed by atoms with Crippen LogP contribution in [0.1, 0.15) is 51.4 Å². The molecule has 0 saturated heterocycles. The fraction of sp³-hybridized carbons (Fsp3) is 0.909. The van der Waals surface area contributed by atoms with Crippen molar-refractivity contribution in [1.29, 1.82) is 5.26 Å². The van der Waals surface area contributed by atoms with Crippen LogP contribution in [0.25, 0.3) is 0 Å². The Morgan fingerprint density at radius 1 is 1.00 bits per heavy atom. The molecular weight excluding hydrogens is 146 g/mol. The summed E-state index contributed by atoms with van der Waals surface area (Å²) < 4.78 is 0. The molecule has 0 aromatic heterocycles. The summed E-state index contributed by atoms with van der Waals surface area (Å²) in [4.78, 5) is 0. The molecule has 12 heavy (non-hydrogen) atoms. The molecule has 1 heteroatoms. The van der Waals surface area contributed by atoms with E-state index >= 15 is 0 Å². The van der Waals surface area contributed by atoms with E-state index in [1.54, 1.807) is 0 Å². The third-order valence-corrected chi connectivity index (χ3v) is 3.86. The van der Waals surface area contributed by atoms with Gasteiger partial charge in [-0.15, -0.1) is 0 Å². The lowest BCUT2D eigenvalue weighted by Crippen LogP contribution is -2.23. The van der Waals surface area contributed by atoms with Crippen LogP contribution < -0.4 is 0 Å². The van der Waals surface area contributed by atoms with Crippen LogP contribution in [-0.2, 0) is 0 Å². The minimum absolute atomic E-state index is 0.122. The molecule has 0 bridgehead atoms. The van der Waals surface area contributed by atoms with Gasteiger partial charge in [-0.2, -0.15) is 5.26 Å². The zero-order valence-electron chi connectivity index (χ0n) is 7.68. The van der Waals surface area contributed by atoms with Gasteiger partial charge in [-0.05, 0) is 31.6 Å². The Kier molecular flexibility index (Phi) is 2.09. The summed E-state index contributed by atoms with van der Waals surface area (Å²) in [6, 6.07) is 2.62. The van der Waals surface area contributed by atoms with Crippen molar-refractivity contribution in [2.24, 2.45) is 11.3 Å². The second kappa shape index (κ2) is 3.09. The Balaban J connectivity index is 2.11. The molecule has 66 valence electrons. The van der Waals surface area contributed by atoms with Crippen molar-refractivity contribution >= 4 is 0 Å². The lowest BCUT2D eigenvalue weighted by molar-refractivity contribution is 0.250. The molecule has 0 spiro atoms. The average molecular weight is 163 g/mol. The van der Waals surface area contributed by atoms with E-state index in [0.717, 1.165) is 5.92 Å². The van der Waals surface area contributed by atoms with Gasteiger partial charge >= 0.3 is 0 Å². The molecule has 2 aliphatic carbocycles. The summed E-state index contributed by atoms with van der Waals surface area (Å²) in [6.45, 7) is 0. The van der Waals surface area contributed by atoms with Crippen molar-refractivity contribution in [3.63, 3.8) is 0 Å². The van der Waals surface area contributed by atoms with E-state index in [-0.39, 0.29) is 5.41 Å². The van der Waals surface area contributed by atoms with Crippen LogP contribution in [0.5, 0.6) is 0 Å². The SMILES string of the molecule is N#CC1(C2CCCC2)CCCC1. The molecule has 0 N–H and O–H groups in total. The molecule has 0 heterocycles. The van der Waals surface area contributed by atoms with Crippen molar-refractivity contribution in [3.8, 4) is 6.07 Å². The molecule has 0 unspecified atom stereocenters. The molecule has 2 rings (SSSR count). The Hall–Kier alpha value is -0.510. The minimum atomic E-state index is 0.122. The van der Waals surface area contributed by atoms with Gasteiger partial charge in [-0.1, -0.05) is 25.7 Å². The van der Waals surface area contributed by atoms with Crippen molar-refractivity contribution in [1.82, 2.24) is 0 Å². The highest BCUT2D eigenvalue weighted by Gasteiger charge is 2.42. The summed E-state index contributed by atoms with van der Waals surface area (Å²) in [5, 5.41) is 9.23. The Labute approximate surface area is 74.8 Å². The number of nitriles is 1. The van der Waals surface area contributed by atoms with Gasteiger partial charge in [0.1, 0.15) is 0 Å². The first-order valence-corrected chi connectivity index (χ1v) is 5.29. The molecule has 0 atom stereocenters. The highest BCUT2D eigenvalue weighted by molar-refractivity contribution is 5.06. The lowest BCUT2D eigenvalue weighted by Gasteiger charge is -2.27. The highest BCUT2D eigenvalue weighted by atomic mass is 14.5. The van der Waals surface area contributed by atoms with Crippen LogP contribution >= 0.6 is 0 Å². The average Bonchev–Trinajstić information content (AvgIpc) is 2.76. The van der Waals surface area contributed by atoms with E-state index < -0.39 is 0 Å². The molecule has 2 aliphatic rings. The molecule has 2 fully saturated rings. The third kappa shape index (κ3) is 1.14. The van der Waals surface area contributed by atoms with Gasteiger partial charge < -0.3 is 0 Å². The minimum Gasteiger partial charge on any atom is -0.198 e. The van der Waals surface area contributed by atoms with Crippen molar-refractivity contribution in [2.45, 2.75) is 51.4 Å². The first-order valence-electron chi connectivity index (χ1n) is 5.29. The van der Waals surface area contributed by atoms with Gasteiger partial charge in [0.25, 0.3) is 0 Å². The second-order valence-electron chi connectivity index (χ2n) is 4.46. The standard InChI is InChI=1S/C11H17N/c12-9-11(7-3-4-8-11)10-5-1-2-6-10/h10H,1-8H2. The van der Waals surface area contributed by atoms with Gasteiger partial charge in [0.05, 0.1) is 11.5 Å². The van der Waals surface area contributed by atoms with E-state index in [2.05, 4.69) is 6.07 Å². The van der Waals surface area contributed by atoms with Gasteiger partial charge in [-0.3, -0.25) is 0 Å². The Morgan fingerprint density at radius 3 is 2.08 bits per heavy atom. The molecule has 1 nitrogen and oxygen atoms in total. The van der Waals surface area contributed by atoms with Crippen LogP contribution in [-0.4, -0.2) is 0 Å². The molecule has 0 aromatic rings. The highest BCUT2D eigenvalue weighted by Crippen LogP contribution is 2.49. The maximum atomic E-state index is 9.23. The van der Waals surface area contributed by atoms with Gasteiger partial charge in [0.15, 0.2) is 0 Å². The van der Waals surface area contributed by atoms with E-state index in [0.29, 0.717) is 0 Å². The van der Waals surface area contributed by atoms with Gasteiger partial charge in [0.2, 0.25) is 0 Å². The first-order chi connectivity index (χ1) is 5.87. The number of hydrogen-bond donors (Lipinski definition) is 0. The van der Waals surface area contributed by atoms with Crippen molar-refractivity contribution < 1.29 is 0 Å². The van der Waals surface area contributed by atoms with Crippen LogP contribution in [0.3, 0.4) is 0 Å². The van der Waals surface area contributed by atoms with Crippen molar-refractivity contribution in [2.75, 3.05) is 0 Å². The van der Waals surface area contributed by atoms with Gasteiger partial charge in [-0.25, -0.2) is 0 Å². The third-order valence-electron chi connectivity index (χ3n) is 3.86. The zero-order chi connectivity index (χ0) is 8.44. The lowest BCUT2D eigenvalue weighted by atomic mass is 9.74. The van der Waals surface area contributed by atoms with E-state index in [9.17, 15) is 5.26 Å². The maximum absolute atomic E-state index is 9.23. The van der Waals surface area contributed by atoms with Crippen LogP contribution in [0.2, 0.25) is 0 Å². The number of rotatable bonds is 1. The van der Waals surface area contributed by atoms with Crippen LogP contribution in [0.15, 0.2) is 0 Å². The quantitative estimate of drug-likeness (QED) is 0.582. The number of hydrogen-bond acceptors (Lipinski definition) is 1. The van der Waals surface area contributed by atoms with Crippen LogP contribution in [0.4, 0.5) is 0 Å². The predicted octanol–water partition coefficient (Wildman–Crippen LogP) is 3.26. The summed E-state index contributed by atoms with van der Waals surface area (Å²) >= 11 is 0. The fourth-order valence-corrected chi connectivity index (χ4v) is 3.10. The summed E-state index contributed by atoms with van der Waals surface area (Å²) in [6.07, 6.45) is 10.4. The first kappa shape index (κ1) is 8.10. The van der Waals surface area contributed by atoms with E-state index in [1.165, 1.54) is 51.4 Å². The summed E-state index contributed by atoms with van der Waals surface area (Å²) in [5.41, 5.74) is 0.122. The molecule has 0 aliphatic heterocycles. The smallest absolute Gasteiger partial charge is 0.0692 e. The number of nitrogens with zero attached hydrogens (tertiary/aromatic N) is 1. The Bertz CT molecular complexity index is 190. The van der Waals surface area contributed by atoms with Crippen LogP contribution in [0, 0.1) is 22.7 Å². The normalized spacial score (nSPS) is 28.9.